The minimum atomic E-state index is -0.615. The van der Waals surface area contributed by atoms with Gasteiger partial charge in [0.15, 0.2) is 12.2 Å². The molecule has 0 heterocycles. The molecular weight excluding hydrogens is 632 g/mol. The van der Waals surface area contributed by atoms with Crippen molar-refractivity contribution in [2.45, 2.75) is 52.7 Å². The Bertz CT molecular complexity index is 1510. The zero-order valence-corrected chi connectivity index (χ0v) is 29.3. The van der Waals surface area contributed by atoms with Crippen molar-refractivity contribution >= 4 is 11.9 Å². The van der Waals surface area contributed by atoms with Crippen molar-refractivity contribution in [2.24, 2.45) is 0 Å². The lowest BCUT2D eigenvalue weighted by molar-refractivity contribution is -0.157. The van der Waals surface area contributed by atoms with Crippen LogP contribution in [0.2, 0.25) is 0 Å². The Morgan fingerprint density at radius 3 is 1.28 bits per heavy atom. The molecule has 0 amide bonds. The molecule has 8 heteroatoms. The van der Waals surface area contributed by atoms with Crippen LogP contribution >= 0.6 is 0 Å². The van der Waals surface area contributed by atoms with Gasteiger partial charge in [-0.05, 0) is 112 Å². The number of carbonyl (C=O) groups is 2. The molecule has 0 fully saturated rings. The fraction of sp³-hybridized carbons (Fsp3) is 0.333. The fourth-order valence-corrected chi connectivity index (χ4v) is 4.55. The fourth-order valence-electron chi connectivity index (χ4n) is 4.55. The molecule has 0 aromatic heterocycles. The molecule has 3 aromatic carbocycles. The van der Waals surface area contributed by atoms with E-state index in [9.17, 15) is 9.59 Å². The molecule has 0 spiro atoms. The van der Waals surface area contributed by atoms with Crippen LogP contribution in [0.3, 0.4) is 0 Å². The number of ether oxygens (including phenoxy) is 6. The summed E-state index contributed by atoms with van der Waals surface area (Å²) >= 11 is 0. The first kappa shape index (κ1) is 39.2. The Morgan fingerprint density at radius 1 is 0.560 bits per heavy atom. The lowest BCUT2D eigenvalue weighted by Gasteiger charge is -2.15. The van der Waals surface area contributed by atoms with Gasteiger partial charge in [0.1, 0.15) is 24.7 Å². The molecule has 50 heavy (non-hydrogen) atoms. The smallest absolute Gasteiger partial charge is 0.335 e. The molecule has 0 saturated carbocycles. The molecule has 8 nitrogen and oxygen atoms in total. The van der Waals surface area contributed by atoms with Gasteiger partial charge in [0.25, 0.3) is 0 Å². The average Bonchev–Trinajstić information content (AvgIpc) is 3.13. The molecule has 0 aliphatic heterocycles. The number of carbonyl (C=O) groups excluding carboxylic acids is 2. The first-order valence-corrected chi connectivity index (χ1v) is 16.9. The molecular formula is C42H46O8. The highest BCUT2D eigenvalue weighted by Gasteiger charge is 2.21. The van der Waals surface area contributed by atoms with Gasteiger partial charge in [-0.2, -0.15) is 0 Å². The number of benzene rings is 3. The highest BCUT2D eigenvalue weighted by atomic mass is 16.6. The summed E-state index contributed by atoms with van der Waals surface area (Å²) in [5, 5.41) is 0. The van der Waals surface area contributed by atoms with Gasteiger partial charge in [-0.25, -0.2) is 9.59 Å². The van der Waals surface area contributed by atoms with Crippen LogP contribution in [0.25, 0.3) is 0 Å². The SMILES string of the molecule is CCOC(=O)[C@H](Cc1ccc(OC/C=C/C#Cc2ccc(C#C/C=C/COc3ccc(C[C@H](OCC)C(=O)OCC)cc3)cc2)cc1)OCC. The lowest BCUT2D eigenvalue weighted by atomic mass is 10.1. The maximum atomic E-state index is 12.1. The predicted octanol–water partition coefficient (Wildman–Crippen LogP) is 6.68. The maximum Gasteiger partial charge on any atom is 0.335 e. The summed E-state index contributed by atoms with van der Waals surface area (Å²) in [6.07, 6.45) is 6.89. The van der Waals surface area contributed by atoms with E-state index in [1.165, 1.54) is 0 Å². The normalized spacial score (nSPS) is 11.9. The second-order valence-electron chi connectivity index (χ2n) is 10.6. The van der Waals surface area contributed by atoms with Crippen LogP contribution in [0.15, 0.2) is 97.1 Å². The Balaban J connectivity index is 1.37. The Hall–Kier alpha value is -5.28. The van der Waals surface area contributed by atoms with Gasteiger partial charge in [-0.15, -0.1) is 0 Å². The van der Waals surface area contributed by atoms with E-state index in [0.29, 0.717) is 52.5 Å². The number of rotatable bonds is 18. The molecule has 2 atom stereocenters. The summed E-state index contributed by atoms with van der Waals surface area (Å²) in [7, 11) is 0. The molecule has 0 bridgehead atoms. The van der Waals surface area contributed by atoms with Crippen molar-refractivity contribution in [3.8, 4) is 35.2 Å². The molecule has 0 aliphatic carbocycles. The molecule has 3 rings (SSSR count). The van der Waals surface area contributed by atoms with Gasteiger partial charge < -0.3 is 28.4 Å². The topological polar surface area (TPSA) is 89.5 Å². The third-order valence-corrected chi connectivity index (χ3v) is 6.94. The number of hydrogen-bond acceptors (Lipinski definition) is 8. The van der Waals surface area contributed by atoms with E-state index >= 15 is 0 Å². The standard InChI is InChI=1S/C42H46O8/c1-5-45-39(41(43)47-7-3)31-35-21-25-37(26-22-35)49-29-13-9-11-15-33-17-19-34(20-18-33)16-12-10-14-30-50-38-27-23-36(24-28-38)32-40(46-6-2)42(44)48-8-4/h9-10,13-14,17-28,39-40H,5-8,29-32H2,1-4H3/b13-9+,14-10+/t39-,40-/m0/s1. The number of hydrogen-bond donors (Lipinski definition) is 0. The highest BCUT2D eigenvalue weighted by molar-refractivity contribution is 5.75. The number of allylic oxidation sites excluding steroid dienone is 2. The molecule has 3 aromatic rings. The summed E-state index contributed by atoms with van der Waals surface area (Å²) in [4.78, 5) is 24.2. The Labute approximate surface area is 296 Å². The van der Waals surface area contributed by atoms with Crippen LogP contribution in [-0.4, -0.2) is 63.8 Å². The maximum absolute atomic E-state index is 12.1. The van der Waals surface area contributed by atoms with Crippen LogP contribution in [0.5, 0.6) is 11.5 Å². The molecule has 262 valence electrons. The second kappa shape index (κ2) is 23.1. The van der Waals surface area contributed by atoms with Crippen LogP contribution in [0.1, 0.15) is 49.9 Å². The zero-order valence-electron chi connectivity index (χ0n) is 29.3. The Morgan fingerprint density at radius 2 is 0.940 bits per heavy atom. The van der Waals surface area contributed by atoms with Crippen molar-refractivity contribution < 1.29 is 38.0 Å². The van der Waals surface area contributed by atoms with Gasteiger partial charge in [0, 0.05) is 37.2 Å². The summed E-state index contributed by atoms with van der Waals surface area (Å²) in [6.45, 7) is 9.56. The first-order valence-electron chi connectivity index (χ1n) is 16.9. The second-order valence-corrected chi connectivity index (χ2v) is 10.6. The van der Waals surface area contributed by atoms with Crippen molar-refractivity contribution in [3.63, 3.8) is 0 Å². The van der Waals surface area contributed by atoms with E-state index in [-0.39, 0.29) is 11.9 Å². The first-order chi connectivity index (χ1) is 24.4. The number of esters is 2. The van der Waals surface area contributed by atoms with E-state index < -0.39 is 12.2 Å². The van der Waals surface area contributed by atoms with Gasteiger partial charge in [-0.1, -0.05) is 47.9 Å². The average molecular weight is 679 g/mol. The highest BCUT2D eigenvalue weighted by Crippen LogP contribution is 2.16. The monoisotopic (exact) mass is 678 g/mol. The largest absolute Gasteiger partial charge is 0.490 e. The molecule has 0 unspecified atom stereocenters. The minimum absolute atomic E-state index is 0.324. The van der Waals surface area contributed by atoms with E-state index in [4.69, 9.17) is 28.4 Å². The van der Waals surface area contributed by atoms with E-state index in [0.717, 1.165) is 33.8 Å². The summed E-state index contributed by atoms with van der Waals surface area (Å²) in [5.41, 5.74) is 3.69. The summed E-state index contributed by atoms with van der Waals surface area (Å²) < 4.78 is 32.8. The van der Waals surface area contributed by atoms with Crippen LogP contribution in [0, 0.1) is 23.7 Å². The van der Waals surface area contributed by atoms with Crippen LogP contribution in [-0.2, 0) is 41.4 Å². The van der Waals surface area contributed by atoms with Crippen LogP contribution in [0.4, 0.5) is 0 Å². The lowest BCUT2D eigenvalue weighted by Crippen LogP contribution is -2.28. The van der Waals surface area contributed by atoms with Gasteiger partial charge >= 0.3 is 11.9 Å². The summed E-state index contributed by atoms with van der Waals surface area (Å²) in [5.74, 6) is 13.0. The third-order valence-electron chi connectivity index (χ3n) is 6.94. The summed E-state index contributed by atoms with van der Waals surface area (Å²) in [6, 6.07) is 22.9. The Kier molecular flexibility index (Phi) is 18.1. The quantitative estimate of drug-likeness (QED) is 0.109. The molecule has 0 aliphatic rings. The van der Waals surface area contributed by atoms with Gasteiger partial charge in [0.05, 0.1) is 13.2 Å². The molecule has 0 radical (unpaired) electrons. The van der Waals surface area contributed by atoms with Crippen LogP contribution < -0.4 is 9.47 Å². The molecule has 0 N–H and O–H groups in total. The van der Waals surface area contributed by atoms with Crippen molar-refractivity contribution in [1.29, 1.82) is 0 Å². The van der Waals surface area contributed by atoms with E-state index in [1.54, 1.807) is 26.0 Å². The minimum Gasteiger partial charge on any atom is -0.490 e. The zero-order chi connectivity index (χ0) is 35.8. The van der Waals surface area contributed by atoms with Crippen molar-refractivity contribution in [3.05, 3.63) is 119 Å². The van der Waals surface area contributed by atoms with Crippen molar-refractivity contribution in [2.75, 3.05) is 39.6 Å². The van der Waals surface area contributed by atoms with E-state index in [2.05, 4.69) is 23.7 Å². The predicted molar refractivity (Wildman–Crippen MR) is 194 cm³/mol. The molecule has 0 saturated heterocycles. The third kappa shape index (κ3) is 14.9. The van der Waals surface area contributed by atoms with E-state index in [1.807, 2.05) is 98.8 Å². The van der Waals surface area contributed by atoms with Crippen molar-refractivity contribution in [1.82, 2.24) is 0 Å². The van der Waals surface area contributed by atoms with Gasteiger partial charge in [0.2, 0.25) is 0 Å². The van der Waals surface area contributed by atoms with Gasteiger partial charge in [-0.3, -0.25) is 0 Å².